The lowest BCUT2D eigenvalue weighted by atomic mass is 10.2. The van der Waals surface area contributed by atoms with Crippen LogP contribution in [0.1, 0.15) is 33.6 Å². The number of carbonyl (C=O) groups excluding carboxylic acids is 2. The van der Waals surface area contributed by atoms with Crippen LogP contribution in [0.5, 0.6) is 0 Å². The number of rotatable bonds is 4. The minimum atomic E-state index is -0.525. The summed E-state index contributed by atoms with van der Waals surface area (Å²) in [5.74, 6) is -0.391. The third-order valence-corrected chi connectivity index (χ3v) is 4.16. The number of hydrogen-bond acceptors (Lipinski definition) is 6. The highest BCUT2D eigenvalue weighted by molar-refractivity contribution is 5.97. The molecule has 2 heterocycles. The van der Waals surface area contributed by atoms with Crippen LogP contribution in [0.3, 0.4) is 0 Å². The topological polar surface area (TPSA) is 94.9 Å². The van der Waals surface area contributed by atoms with Gasteiger partial charge in [-0.25, -0.2) is 4.79 Å². The van der Waals surface area contributed by atoms with E-state index in [0.717, 1.165) is 19.4 Å². The molecule has 1 N–H and O–H groups in total. The van der Waals surface area contributed by atoms with Gasteiger partial charge in [0.1, 0.15) is 17.2 Å². The number of nitrogens with zero attached hydrogens (tertiary/aromatic N) is 3. The molecule has 0 aliphatic carbocycles. The minimum absolute atomic E-state index is 0.0382. The third kappa shape index (κ3) is 6.23. The van der Waals surface area contributed by atoms with Crippen molar-refractivity contribution in [3.63, 3.8) is 0 Å². The van der Waals surface area contributed by atoms with Crippen molar-refractivity contribution in [1.29, 1.82) is 5.26 Å². The number of carbonyl (C=O) groups is 2. The Morgan fingerprint density at radius 3 is 2.54 bits per heavy atom. The molecule has 2 rings (SSSR count). The Bertz CT molecular complexity index is 577. The summed E-state index contributed by atoms with van der Waals surface area (Å²) in [5, 5.41) is 12.0. The maximum atomic E-state index is 12.2. The van der Waals surface area contributed by atoms with Gasteiger partial charge in [-0.05, 0) is 33.6 Å². The monoisotopic (exact) mass is 364 g/mol. The SMILES string of the molecule is CC(C)(C)OC(=O)N1CCN(/C=C(/C#N)C(=O)NCC2CCCO2)CC1. The van der Waals surface area contributed by atoms with Gasteiger partial charge in [-0.2, -0.15) is 5.26 Å². The molecule has 0 spiro atoms. The predicted molar refractivity (Wildman–Crippen MR) is 95.1 cm³/mol. The first-order valence-electron chi connectivity index (χ1n) is 9.02. The summed E-state index contributed by atoms with van der Waals surface area (Å²) < 4.78 is 10.8. The normalized spacial score (nSPS) is 21.3. The van der Waals surface area contributed by atoms with Crippen LogP contribution in [0.25, 0.3) is 0 Å². The Kier molecular flexibility index (Phi) is 6.86. The van der Waals surface area contributed by atoms with E-state index >= 15 is 0 Å². The van der Waals surface area contributed by atoms with Gasteiger partial charge in [-0.1, -0.05) is 0 Å². The van der Waals surface area contributed by atoms with Crippen molar-refractivity contribution in [3.8, 4) is 6.07 Å². The summed E-state index contributed by atoms with van der Waals surface area (Å²) in [7, 11) is 0. The van der Waals surface area contributed by atoms with E-state index in [1.54, 1.807) is 11.1 Å². The van der Waals surface area contributed by atoms with Crippen LogP contribution in [0, 0.1) is 11.3 Å². The number of hydrogen-bond donors (Lipinski definition) is 1. The van der Waals surface area contributed by atoms with Gasteiger partial charge in [0, 0.05) is 45.5 Å². The number of nitrogens with one attached hydrogen (secondary N) is 1. The molecule has 0 aromatic rings. The standard InChI is InChI=1S/C18H28N4O4/c1-18(2,3)26-17(24)22-8-6-21(7-9-22)13-14(11-19)16(23)20-12-15-5-4-10-25-15/h13,15H,4-10,12H2,1-3H3,(H,20,23)/b14-13-. The highest BCUT2D eigenvalue weighted by atomic mass is 16.6. The molecule has 0 bridgehead atoms. The molecule has 8 heteroatoms. The van der Waals surface area contributed by atoms with Crippen molar-refractivity contribution in [1.82, 2.24) is 15.1 Å². The summed E-state index contributed by atoms with van der Waals surface area (Å²) in [5.41, 5.74) is -0.461. The molecular weight excluding hydrogens is 336 g/mol. The fourth-order valence-corrected chi connectivity index (χ4v) is 2.79. The molecule has 8 nitrogen and oxygen atoms in total. The highest BCUT2D eigenvalue weighted by Gasteiger charge is 2.25. The van der Waals surface area contributed by atoms with Crippen LogP contribution >= 0.6 is 0 Å². The Labute approximate surface area is 154 Å². The van der Waals surface area contributed by atoms with E-state index in [1.165, 1.54) is 0 Å². The maximum absolute atomic E-state index is 12.2. The van der Waals surface area contributed by atoms with Gasteiger partial charge in [0.15, 0.2) is 0 Å². The quantitative estimate of drug-likeness (QED) is 0.596. The molecule has 0 radical (unpaired) electrons. The van der Waals surface area contributed by atoms with Gasteiger partial charge in [0.25, 0.3) is 5.91 Å². The van der Waals surface area contributed by atoms with Crippen molar-refractivity contribution < 1.29 is 19.1 Å². The highest BCUT2D eigenvalue weighted by Crippen LogP contribution is 2.13. The molecule has 1 atom stereocenters. The maximum Gasteiger partial charge on any atom is 0.410 e. The Hall–Kier alpha value is -2.27. The first-order chi connectivity index (χ1) is 12.3. The predicted octanol–water partition coefficient (Wildman–Crippen LogP) is 1.24. The second-order valence-corrected chi connectivity index (χ2v) is 7.50. The Morgan fingerprint density at radius 2 is 2.00 bits per heavy atom. The zero-order chi connectivity index (χ0) is 19.2. The van der Waals surface area contributed by atoms with E-state index in [0.29, 0.717) is 32.7 Å². The second kappa shape index (κ2) is 8.90. The van der Waals surface area contributed by atoms with Crippen LogP contribution in [0.4, 0.5) is 4.79 Å². The van der Waals surface area contributed by atoms with Gasteiger partial charge in [-0.3, -0.25) is 4.79 Å². The van der Waals surface area contributed by atoms with Gasteiger partial charge >= 0.3 is 6.09 Å². The van der Waals surface area contributed by atoms with Crippen molar-refractivity contribution >= 4 is 12.0 Å². The van der Waals surface area contributed by atoms with Gasteiger partial charge in [0.2, 0.25) is 0 Å². The number of ether oxygens (including phenoxy) is 2. The molecule has 0 aromatic heterocycles. The first kappa shape index (κ1) is 20.0. The van der Waals surface area contributed by atoms with Crippen molar-refractivity contribution in [2.24, 2.45) is 0 Å². The summed E-state index contributed by atoms with van der Waals surface area (Å²) in [4.78, 5) is 27.7. The molecule has 2 fully saturated rings. The van der Waals surface area contributed by atoms with Crippen LogP contribution in [0.15, 0.2) is 11.8 Å². The average molecular weight is 364 g/mol. The molecule has 0 saturated carbocycles. The van der Waals surface area contributed by atoms with Crippen molar-refractivity contribution in [3.05, 3.63) is 11.8 Å². The summed E-state index contributed by atoms with van der Waals surface area (Å²) in [6, 6.07) is 1.95. The lowest BCUT2D eigenvalue weighted by molar-refractivity contribution is -0.117. The van der Waals surface area contributed by atoms with Crippen LogP contribution in [-0.2, 0) is 14.3 Å². The molecule has 1 unspecified atom stereocenters. The largest absolute Gasteiger partial charge is 0.444 e. The summed E-state index contributed by atoms with van der Waals surface area (Å²) in [6.45, 7) is 8.71. The van der Waals surface area contributed by atoms with Crippen molar-refractivity contribution in [2.45, 2.75) is 45.3 Å². The van der Waals surface area contributed by atoms with E-state index < -0.39 is 11.5 Å². The fraction of sp³-hybridized carbons (Fsp3) is 0.722. The van der Waals surface area contributed by atoms with Crippen LogP contribution < -0.4 is 5.32 Å². The molecule has 144 valence electrons. The summed E-state index contributed by atoms with van der Waals surface area (Å²) in [6.07, 6.45) is 3.20. The lowest BCUT2D eigenvalue weighted by Crippen LogP contribution is -2.48. The van der Waals surface area contributed by atoms with E-state index in [1.807, 2.05) is 31.7 Å². The molecule has 0 aromatic carbocycles. The van der Waals surface area contributed by atoms with E-state index in [-0.39, 0.29) is 17.8 Å². The number of nitriles is 1. The first-order valence-corrected chi connectivity index (χ1v) is 9.02. The van der Waals surface area contributed by atoms with E-state index in [2.05, 4.69) is 5.32 Å². The summed E-state index contributed by atoms with van der Waals surface area (Å²) >= 11 is 0. The van der Waals surface area contributed by atoms with Gasteiger partial charge < -0.3 is 24.6 Å². The zero-order valence-electron chi connectivity index (χ0n) is 15.8. The zero-order valence-corrected chi connectivity index (χ0v) is 15.8. The fourth-order valence-electron chi connectivity index (χ4n) is 2.79. The molecular formula is C18H28N4O4. The molecule has 2 saturated heterocycles. The van der Waals surface area contributed by atoms with Crippen molar-refractivity contribution in [2.75, 3.05) is 39.3 Å². The molecule has 2 amide bonds. The number of piperazine rings is 1. The Morgan fingerprint density at radius 1 is 1.31 bits per heavy atom. The Balaban J connectivity index is 1.81. The average Bonchev–Trinajstić information content (AvgIpc) is 3.10. The van der Waals surface area contributed by atoms with Crippen LogP contribution in [-0.4, -0.2) is 72.8 Å². The van der Waals surface area contributed by atoms with E-state index in [4.69, 9.17) is 9.47 Å². The van der Waals surface area contributed by atoms with Crippen LogP contribution in [0.2, 0.25) is 0 Å². The lowest BCUT2D eigenvalue weighted by Gasteiger charge is -2.35. The second-order valence-electron chi connectivity index (χ2n) is 7.50. The van der Waals surface area contributed by atoms with Gasteiger partial charge in [-0.15, -0.1) is 0 Å². The third-order valence-electron chi connectivity index (χ3n) is 4.16. The van der Waals surface area contributed by atoms with Gasteiger partial charge in [0.05, 0.1) is 6.10 Å². The molecule has 2 aliphatic rings. The molecule has 26 heavy (non-hydrogen) atoms. The smallest absolute Gasteiger partial charge is 0.410 e. The van der Waals surface area contributed by atoms with E-state index in [9.17, 15) is 14.9 Å². The minimum Gasteiger partial charge on any atom is -0.444 e. The number of amides is 2. The molecule has 2 aliphatic heterocycles.